The normalized spacial score (nSPS) is 10.2. The number of nitrogens with zero attached hydrogens (tertiary/aromatic N) is 4. The second kappa shape index (κ2) is 5.80. The monoisotopic (exact) mass is 292 g/mol. The van der Waals surface area contributed by atoms with E-state index in [2.05, 4.69) is 10.3 Å². The number of rotatable bonds is 4. The zero-order valence-electron chi connectivity index (χ0n) is 11.3. The number of hydrogen-bond donors (Lipinski definition) is 0. The highest BCUT2D eigenvalue weighted by molar-refractivity contribution is 6.32. The number of nitriles is 1. The van der Waals surface area contributed by atoms with E-state index in [-0.39, 0.29) is 0 Å². The molecule has 0 saturated carbocycles. The van der Waals surface area contributed by atoms with E-state index in [0.29, 0.717) is 40.0 Å². The van der Waals surface area contributed by atoms with Gasteiger partial charge in [-0.25, -0.2) is 4.68 Å². The summed E-state index contributed by atoms with van der Waals surface area (Å²) in [5.41, 5.74) is 1.62. The molecule has 0 N–H and O–H groups in total. The van der Waals surface area contributed by atoms with Crippen LogP contribution in [-0.4, -0.2) is 29.2 Å². The zero-order chi connectivity index (χ0) is 14.7. The van der Waals surface area contributed by atoms with E-state index < -0.39 is 0 Å². The molecule has 0 aliphatic rings. The maximum absolute atomic E-state index is 9.04. The minimum atomic E-state index is 0.295. The van der Waals surface area contributed by atoms with Crippen molar-refractivity contribution >= 4 is 11.6 Å². The van der Waals surface area contributed by atoms with Crippen molar-refractivity contribution in [2.45, 2.75) is 13.3 Å². The molecule has 7 heteroatoms. The zero-order valence-corrected chi connectivity index (χ0v) is 12.1. The highest BCUT2D eigenvalue weighted by Crippen LogP contribution is 2.35. The predicted molar refractivity (Wildman–Crippen MR) is 73.6 cm³/mol. The summed E-state index contributed by atoms with van der Waals surface area (Å²) in [7, 11) is 3.07. The van der Waals surface area contributed by atoms with Gasteiger partial charge in [-0.05, 0) is 6.42 Å². The molecule has 20 heavy (non-hydrogen) atoms. The standard InChI is InChI=1S/C13H13ClN4O2/c1-4-10-9(7-15)16-17-18(10)11-6-12(19-2)8(14)5-13(11)20-3/h5-6H,4H2,1-3H3. The molecule has 0 atom stereocenters. The average molecular weight is 293 g/mol. The Bertz CT molecular complexity index is 676. The highest BCUT2D eigenvalue weighted by Gasteiger charge is 2.18. The summed E-state index contributed by atoms with van der Waals surface area (Å²) in [5.74, 6) is 1.03. The lowest BCUT2D eigenvalue weighted by Gasteiger charge is -2.13. The summed E-state index contributed by atoms with van der Waals surface area (Å²) in [6.45, 7) is 1.93. The van der Waals surface area contributed by atoms with Crippen LogP contribution in [0.1, 0.15) is 18.3 Å². The Morgan fingerprint density at radius 2 is 2.00 bits per heavy atom. The smallest absolute Gasteiger partial charge is 0.186 e. The van der Waals surface area contributed by atoms with E-state index in [1.54, 1.807) is 16.8 Å². The van der Waals surface area contributed by atoms with Crippen LogP contribution in [0, 0.1) is 11.3 Å². The van der Waals surface area contributed by atoms with E-state index in [0.717, 1.165) is 0 Å². The largest absolute Gasteiger partial charge is 0.495 e. The number of halogens is 1. The lowest BCUT2D eigenvalue weighted by atomic mass is 10.2. The Kier molecular flexibility index (Phi) is 4.11. The third kappa shape index (κ3) is 2.28. The van der Waals surface area contributed by atoms with Crippen LogP contribution in [0.3, 0.4) is 0 Å². The maximum Gasteiger partial charge on any atom is 0.186 e. The second-order valence-corrected chi connectivity index (χ2v) is 4.33. The van der Waals surface area contributed by atoms with Crippen molar-refractivity contribution in [2.24, 2.45) is 0 Å². The van der Waals surface area contributed by atoms with Crippen LogP contribution in [0.25, 0.3) is 5.69 Å². The number of ether oxygens (including phenoxy) is 2. The molecule has 6 nitrogen and oxygen atoms in total. The number of benzene rings is 1. The Balaban J connectivity index is 2.68. The summed E-state index contributed by atoms with van der Waals surface area (Å²) >= 11 is 6.07. The van der Waals surface area contributed by atoms with Crippen LogP contribution in [0.2, 0.25) is 5.02 Å². The molecule has 1 heterocycles. The van der Waals surface area contributed by atoms with Crippen LogP contribution in [-0.2, 0) is 6.42 Å². The maximum atomic E-state index is 9.04. The van der Waals surface area contributed by atoms with Crippen LogP contribution in [0.5, 0.6) is 11.5 Å². The van der Waals surface area contributed by atoms with Gasteiger partial charge in [0, 0.05) is 12.1 Å². The van der Waals surface area contributed by atoms with E-state index >= 15 is 0 Å². The lowest BCUT2D eigenvalue weighted by Crippen LogP contribution is -2.05. The van der Waals surface area contributed by atoms with Crippen LogP contribution in [0.15, 0.2) is 12.1 Å². The van der Waals surface area contributed by atoms with Crippen molar-refractivity contribution in [1.82, 2.24) is 15.0 Å². The molecule has 2 rings (SSSR count). The molecule has 1 aromatic heterocycles. The van der Waals surface area contributed by atoms with E-state index in [1.165, 1.54) is 14.2 Å². The topological polar surface area (TPSA) is 73.0 Å². The fourth-order valence-electron chi connectivity index (χ4n) is 1.91. The van der Waals surface area contributed by atoms with Gasteiger partial charge in [0.2, 0.25) is 0 Å². The number of aromatic nitrogens is 3. The first-order valence-corrected chi connectivity index (χ1v) is 6.30. The Morgan fingerprint density at radius 3 is 2.55 bits per heavy atom. The molecule has 0 aliphatic heterocycles. The first-order chi connectivity index (χ1) is 9.65. The molecule has 104 valence electrons. The van der Waals surface area contributed by atoms with Gasteiger partial charge >= 0.3 is 0 Å². The first kappa shape index (κ1) is 14.2. The van der Waals surface area contributed by atoms with E-state index in [1.807, 2.05) is 13.0 Å². The molecule has 0 aliphatic carbocycles. The van der Waals surface area contributed by atoms with E-state index in [9.17, 15) is 0 Å². The summed E-state index contributed by atoms with van der Waals surface area (Å²) in [4.78, 5) is 0. The van der Waals surface area contributed by atoms with E-state index in [4.69, 9.17) is 26.3 Å². The van der Waals surface area contributed by atoms with Crippen molar-refractivity contribution in [1.29, 1.82) is 5.26 Å². The number of methoxy groups -OCH3 is 2. The lowest BCUT2D eigenvalue weighted by molar-refractivity contribution is 0.400. The van der Waals surface area contributed by atoms with Gasteiger partial charge < -0.3 is 9.47 Å². The third-order valence-corrected chi connectivity index (χ3v) is 3.18. The van der Waals surface area contributed by atoms with Crippen LogP contribution < -0.4 is 9.47 Å². The summed E-state index contributed by atoms with van der Waals surface area (Å²) in [6, 6.07) is 5.37. The SMILES string of the molecule is CCc1c(C#N)nnn1-c1cc(OC)c(Cl)cc1OC. The molecule has 0 saturated heterocycles. The first-order valence-electron chi connectivity index (χ1n) is 5.92. The third-order valence-electron chi connectivity index (χ3n) is 2.89. The molecular formula is C13H13ClN4O2. The predicted octanol–water partition coefficient (Wildman–Crippen LogP) is 2.37. The minimum Gasteiger partial charge on any atom is -0.495 e. The molecule has 0 amide bonds. The Labute approximate surface area is 121 Å². The molecule has 0 unspecified atom stereocenters. The highest BCUT2D eigenvalue weighted by atomic mass is 35.5. The molecule has 0 bridgehead atoms. The van der Waals surface area contributed by atoms with Crippen LogP contribution in [0.4, 0.5) is 0 Å². The average Bonchev–Trinajstić information content (AvgIpc) is 2.89. The quantitative estimate of drug-likeness (QED) is 0.865. The van der Waals surface area contributed by atoms with Gasteiger partial charge in [-0.15, -0.1) is 5.10 Å². The fraction of sp³-hybridized carbons (Fsp3) is 0.308. The minimum absolute atomic E-state index is 0.295. The van der Waals surface area contributed by atoms with Crippen molar-refractivity contribution in [3.05, 3.63) is 28.5 Å². The molecular weight excluding hydrogens is 280 g/mol. The Morgan fingerprint density at radius 1 is 1.30 bits per heavy atom. The molecule has 0 radical (unpaired) electrons. The van der Waals surface area contributed by atoms with Gasteiger partial charge in [-0.3, -0.25) is 0 Å². The van der Waals surface area contributed by atoms with Gasteiger partial charge in [0.1, 0.15) is 23.3 Å². The van der Waals surface area contributed by atoms with Gasteiger partial charge in [0.15, 0.2) is 5.69 Å². The summed E-state index contributed by atoms with van der Waals surface area (Å²) < 4.78 is 12.1. The second-order valence-electron chi connectivity index (χ2n) is 3.92. The Hall–Kier alpha value is -2.26. The number of hydrogen-bond acceptors (Lipinski definition) is 5. The summed E-state index contributed by atoms with van der Waals surface area (Å²) in [5, 5.41) is 17.3. The summed E-state index contributed by atoms with van der Waals surface area (Å²) in [6.07, 6.45) is 0.615. The van der Waals surface area contributed by atoms with Gasteiger partial charge in [-0.2, -0.15) is 5.26 Å². The molecule has 0 fully saturated rings. The van der Waals surface area contributed by atoms with Crippen molar-refractivity contribution in [2.75, 3.05) is 14.2 Å². The van der Waals surface area contributed by atoms with Gasteiger partial charge in [0.25, 0.3) is 0 Å². The van der Waals surface area contributed by atoms with Crippen molar-refractivity contribution in [3.63, 3.8) is 0 Å². The fourth-order valence-corrected chi connectivity index (χ4v) is 2.14. The van der Waals surface area contributed by atoms with Crippen molar-refractivity contribution in [3.8, 4) is 23.3 Å². The van der Waals surface area contributed by atoms with Crippen molar-refractivity contribution < 1.29 is 9.47 Å². The molecule has 1 aromatic carbocycles. The molecule has 0 spiro atoms. The molecule has 2 aromatic rings. The van der Waals surface area contributed by atoms with Crippen LogP contribution >= 0.6 is 11.6 Å². The van der Waals surface area contributed by atoms with Gasteiger partial charge in [-0.1, -0.05) is 23.7 Å². The van der Waals surface area contributed by atoms with Gasteiger partial charge in [0.05, 0.1) is 24.9 Å².